The molecule has 3 rings (SSSR count). The number of rotatable bonds is 4. The highest BCUT2D eigenvalue weighted by atomic mass is 16.5. The number of benzene rings is 2. The number of nitrogens with zero attached hydrogens (tertiary/aromatic N) is 1. The van der Waals surface area contributed by atoms with Gasteiger partial charge in [0.05, 0.1) is 11.0 Å². The average molecular weight is 253 g/mol. The summed E-state index contributed by atoms with van der Waals surface area (Å²) in [4.78, 5) is 7.71. The molecule has 4 heteroatoms. The van der Waals surface area contributed by atoms with Gasteiger partial charge in [0, 0.05) is 12.7 Å². The number of imidazole rings is 1. The van der Waals surface area contributed by atoms with Gasteiger partial charge in [-0.25, -0.2) is 4.98 Å². The zero-order chi connectivity index (χ0) is 13.1. The predicted molar refractivity (Wildman–Crippen MR) is 76.4 cm³/mol. The number of aromatic amines is 1. The van der Waals surface area contributed by atoms with Crippen LogP contribution in [-0.2, 0) is 6.61 Å². The van der Waals surface area contributed by atoms with E-state index in [0.29, 0.717) is 6.61 Å². The van der Waals surface area contributed by atoms with Crippen LogP contribution in [0.3, 0.4) is 0 Å². The van der Waals surface area contributed by atoms with Gasteiger partial charge in [-0.15, -0.1) is 0 Å². The molecular formula is C15H15N3O. The number of nitrogens with one attached hydrogen (secondary N) is 2. The van der Waals surface area contributed by atoms with Crippen LogP contribution in [0.4, 0.5) is 5.69 Å². The number of ether oxygens (including phenoxy) is 1. The largest absolute Gasteiger partial charge is 0.486 e. The maximum absolute atomic E-state index is 5.70. The molecular weight excluding hydrogens is 238 g/mol. The van der Waals surface area contributed by atoms with E-state index in [4.69, 9.17) is 4.74 Å². The van der Waals surface area contributed by atoms with Gasteiger partial charge in [-0.3, -0.25) is 0 Å². The summed E-state index contributed by atoms with van der Waals surface area (Å²) in [6, 6.07) is 15.8. The first-order valence-corrected chi connectivity index (χ1v) is 6.19. The van der Waals surface area contributed by atoms with Crippen LogP contribution in [0.25, 0.3) is 11.0 Å². The quantitative estimate of drug-likeness (QED) is 0.750. The minimum absolute atomic E-state index is 0.438. The Bertz CT molecular complexity index is 640. The van der Waals surface area contributed by atoms with E-state index < -0.39 is 0 Å². The molecule has 1 aromatic heterocycles. The van der Waals surface area contributed by atoms with Crippen molar-refractivity contribution in [3.8, 4) is 5.75 Å². The van der Waals surface area contributed by atoms with E-state index in [1.54, 1.807) is 0 Å². The lowest BCUT2D eigenvalue weighted by Crippen LogP contribution is -1.97. The maximum Gasteiger partial charge on any atom is 0.146 e. The van der Waals surface area contributed by atoms with Crippen LogP contribution < -0.4 is 10.1 Å². The lowest BCUT2D eigenvalue weighted by molar-refractivity contribution is 0.297. The summed E-state index contributed by atoms with van der Waals surface area (Å²) < 4.78 is 5.70. The van der Waals surface area contributed by atoms with Crippen LogP contribution in [0.15, 0.2) is 48.5 Å². The van der Waals surface area contributed by atoms with Crippen molar-refractivity contribution < 1.29 is 4.74 Å². The highest BCUT2D eigenvalue weighted by molar-refractivity contribution is 5.74. The molecule has 0 radical (unpaired) electrons. The van der Waals surface area contributed by atoms with Crippen LogP contribution in [0.1, 0.15) is 5.82 Å². The smallest absolute Gasteiger partial charge is 0.146 e. The fraction of sp³-hybridized carbons (Fsp3) is 0.133. The van der Waals surface area contributed by atoms with E-state index in [9.17, 15) is 0 Å². The molecule has 0 saturated carbocycles. The topological polar surface area (TPSA) is 49.9 Å². The minimum Gasteiger partial charge on any atom is -0.486 e. The molecule has 0 aliphatic carbocycles. The molecule has 0 atom stereocenters. The van der Waals surface area contributed by atoms with Crippen molar-refractivity contribution in [3.63, 3.8) is 0 Å². The maximum atomic E-state index is 5.70. The number of aromatic nitrogens is 2. The molecule has 0 aliphatic rings. The molecule has 0 aliphatic heterocycles. The summed E-state index contributed by atoms with van der Waals surface area (Å²) in [6.45, 7) is 0.438. The van der Waals surface area contributed by atoms with Gasteiger partial charge in [-0.05, 0) is 36.4 Å². The number of hydrogen-bond donors (Lipinski definition) is 2. The Hall–Kier alpha value is -2.49. The lowest BCUT2D eigenvalue weighted by atomic mass is 10.3. The van der Waals surface area contributed by atoms with Gasteiger partial charge in [-0.2, -0.15) is 0 Å². The standard InChI is InChI=1S/C15H15N3O/c1-16-11-6-8-12(9-7-11)19-10-15-17-13-4-2-3-5-14(13)18-15/h2-9,16H,10H2,1H3,(H,17,18). The Morgan fingerprint density at radius 3 is 2.63 bits per heavy atom. The van der Waals surface area contributed by atoms with Crippen molar-refractivity contribution in [1.29, 1.82) is 0 Å². The van der Waals surface area contributed by atoms with Gasteiger partial charge in [0.1, 0.15) is 18.2 Å². The number of para-hydroxylation sites is 2. The zero-order valence-corrected chi connectivity index (χ0v) is 10.7. The molecule has 96 valence electrons. The van der Waals surface area contributed by atoms with Crippen LogP contribution in [0.2, 0.25) is 0 Å². The fourth-order valence-corrected chi connectivity index (χ4v) is 1.94. The Kier molecular flexibility index (Phi) is 3.06. The second-order valence-corrected chi connectivity index (χ2v) is 4.26. The number of hydrogen-bond acceptors (Lipinski definition) is 3. The molecule has 0 fully saturated rings. The minimum atomic E-state index is 0.438. The number of H-pyrrole nitrogens is 1. The van der Waals surface area contributed by atoms with Crippen molar-refractivity contribution >= 4 is 16.7 Å². The third-order valence-electron chi connectivity index (χ3n) is 2.96. The van der Waals surface area contributed by atoms with Gasteiger partial charge in [-0.1, -0.05) is 12.1 Å². The van der Waals surface area contributed by atoms with E-state index in [2.05, 4.69) is 15.3 Å². The molecule has 0 bridgehead atoms. The molecule has 3 aromatic rings. The zero-order valence-electron chi connectivity index (χ0n) is 10.7. The van der Waals surface area contributed by atoms with Crippen molar-refractivity contribution in [2.45, 2.75) is 6.61 Å². The summed E-state index contributed by atoms with van der Waals surface area (Å²) in [5, 5.41) is 3.07. The highest BCUT2D eigenvalue weighted by Crippen LogP contribution is 2.17. The second kappa shape index (κ2) is 5.02. The molecule has 0 spiro atoms. The molecule has 0 saturated heterocycles. The first-order valence-electron chi connectivity index (χ1n) is 6.19. The third kappa shape index (κ3) is 2.52. The van der Waals surface area contributed by atoms with Crippen molar-refractivity contribution in [3.05, 3.63) is 54.4 Å². The van der Waals surface area contributed by atoms with Crippen molar-refractivity contribution in [1.82, 2.24) is 9.97 Å². The SMILES string of the molecule is CNc1ccc(OCc2nc3ccccc3[nH]2)cc1. The summed E-state index contributed by atoms with van der Waals surface area (Å²) in [7, 11) is 1.89. The average Bonchev–Trinajstić information content (AvgIpc) is 2.88. The van der Waals surface area contributed by atoms with Crippen molar-refractivity contribution in [2.24, 2.45) is 0 Å². The molecule has 2 N–H and O–H groups in total. The van der Waals surface area contributed by atoms with Gasteiger partial charge < -0.3 is 15.0 Å². The highest BCUT2D eigenvalue weighted by Gasteiger charge is 2.02. The molecule has 1 heterocycles. The van der Waals surface area contributed by atoms with Crippen LogP contribution in [0.5, 0.6) is 5.75 Å². The first kappa shape index (κ1) is 11.6. The Labute approximate surface area is 111 Å². The van der Waals surface area contributed by atoms with E-state index in [0.717, 1.165) is 28.3 Å². The third-order valence-corrected chi connectivity index (χ3v) is 2.96. The Morgan fingerprint density at radius 1 is 1.11 bits per heavy atom. The summed E-state index contributed by atoms with van der Waals surface area (Å²) in [5.74, 6) is 1.67. The monoisotopic (exact) mass is 253 g/mol. The van der Waals surface area contributed by atoms with Crippen LogP contribution >= 0.6 is 0 Å². The van der Waals surface area contributed by atoms with E-state index in [1.165, 1.54) is 0 Å². The number of anilines is 1. The first-order chi connectivity index (χ1) is 9.35. The second-order valence-electron chi connectivity index (χ2n) is 4.26. The van der Waals surface area contributed by atoms with Gasteiger partial charge >= 0.3 is 0 Å². The molecule has 0 unspecified atom stereocenters. The normalized spacial score (nSPS) is 10.6. The van der Waals surface area contributed by atoms with Gasteiger partial charge in [0.15, 0.2) is 0 Å². The lowest BCUT2D eigenvalue weighted by Gasteiger charge is -2.05. The Morgan fingerprint density at radius 2 is 1.89 bits per heavy atom. The van der Waals surface area contributed by atoms with E-state index in [-0.39, 0.29) is 0 Å². The number of fused-ring (bicyclic) bond motifs is 1. The van der Waals surface area contributed by atoms with E-state index in [1.807, 2.05) is 55.6 Å². The predicted octanol–water partition coefficient (Wildman–Crippen LogP) is 3.18. The fourth-order valence-electron chi connectivity index (χ4n) is 1.94. The van der Waals surface area contributed by atoms with Crippen molar-refractivity contribution in [2.75, 3.05) is 12.4 Å². The molecule has 0 amide bonds. The summed E-state index contributed by atoms with van der Waals surface area (Å²) in [6.07, 6.45) is 0. The molecule has 4 nitrogen and oxygen atoms in total. The summed E-state index contributed by atoms with van der Waals surface area (Å²) in [5.41, 5.74) is 3.06. The molecule has 19 heavy (non-hydrogen) atoms. The van der Waals surface area contributed by atoms with Gasteiger partial charge in [0.25, 0.3) is 0 Å². The van der Waals surface area contributed by atoms with Gasteiger partial charge in [0.2, 0.25) is 0 Å². The summed E-state index contributed by atoms with van der Waals surface area (Å²) >= 11 is 0. The Balaban J connectivity index is 1.70. The van der Waals surface area contributed by atoms with E-state index >= 15 is 0 Å². The molecule has 2 aromatic carbocycles. The van der Waals surface area contributed by atoms with Crippen LogP contribution in [0, 0.1) is 0 Å². The van der Waals surface area contributed by atoms with Crippen LogP contribution in [-0.4, -0.2) is 17.0 Å².